The minimum atomic E-state index is -2.99. The molecular weight excluding hydrogens is 262 g/mol. The first-order chi connectivity index (χ1) is 8.90. The summed E-state index contributed by atoms with van der Waals surface area (Å²) in [4.78, 5) is 22.1. The summed E-state index contributed by atoms with van der Waals surface area (Å²) < 4.78 is 28.1. The second kappa shape index (κ2) is 6.64. The lowest BCUT2D eigenvalue weighted by atomic mass is 10.2. The van der Waals surface area contributed by atoms with Crippen LogP contribution in [0.1, 0.15) is 10.4 Å². The number of hydrogen-bond donors (Lipinski definition) is 3. The van der Waals surface area contributed by atoms with Gasteiger partial charge in [-0.2, -0.15) is 8.78 Å². The van der Waals surface area contributed by atoms with Crippen molar-refractivity contribution in [1.82, 2.24) is 5.32 Å². The number of aliphatic carboxylic acids is 1. The van der Waals surface area contributed by atoms with E-state index in [-0.39, 0.29) is 17.9 Å². The molecule has 1 aromatic carbocycles. The first-order valence-electron chi connectivity index (χ1n) is 5.21. The maximum absolute atomic E-state index is 12.0. The van der Waals surface area contributed by atoms with E-state index in [1.807, 2.05) is 0 Å². The molecular formula is C11H12F2N2O4. The highest BCUT2D eigenvalue weighted by Gasteiger charge is 2.14. The number of benzene rings is 1. The molecule has 0 saturated heterocycles. The van der Waals surface area contributed by atoms with Crippen LogP contribution in [0.3, 0.4) is 0 Å². The Morgan fingerprint density at radius 2 is 2.11 bits per heavy atom. The van der Waals surface area contributed by atoms with Gasteiger partial charge in [0.2, 0.25) is 0 Å². The maximum atomic E-state index is 12.0. The number of ether oxygens (including phenoxy) is 1. The highest BCUT2D eigenvalue weighted by atomic mass is 19.3. The van der Waals surface area contributed by atoms with E-state index in [1.54, 1.807) is 0 Å². The molecule has 0 aliphatic carbocycles. The van der Waals surface area contributed by atoms with E-state index in [1.165, 1.54) is 18.2 Å². The second-order valence-electron chi connectivity index (χ2n) is 3.56. The van der Waals surface area contributed by atoms with Gasteiger partial charge in [-0.3, -0.25) is 9.59 Å². The third-order valence-corrected chi connectivity index (χ3v) is 2.12. The summed E-state index contributed by atoms with van der Waals surface area (Å²) in [5.74, 6) is -2.04. The first-order valence-corrected chi connectivity index (χ1v) is 5.21. The number of carboxylic acid groups (broad SMARTS) is 1. The Balaban J connectivity index is 2.64. The van der Waals surface area contributed by atoms with Gasteiger partial charge in [0, 0.05) is 12.1 Å². The van der Waals surface area contributed by atoms with Gasteiger partial charge in [0.25, 0.3) is 5.91 Å². The fraction of sp³-hybridized carbons (Fsp3) is 0.273. The van der Waals surface area contributed by atoms with Crippen molar-refractivity contribution >= 4 is 11.9 Å². The van der Waals surface area contributed by atoms with Gasteiger partial charge in [-0.25, -0.2) is 0 Å². The molecule has 1 amide bonds. The van der Waals surface area contributed by atoms with Crippen molar-refractivity contribution in [2.45, 2.75) is 12.7 Å². The Morgan fingerprint density at radius 1 is 1.42 bits per heavy atom. The lowest BCUT2D eigenvalue weighted by Gasteiger charge is -2.09. The SMILES string of the molecule is N[C@@H](CNC(=O)c1cccc(OC(F)F)c1)C(=O)O. The summed E-state index contributed by atoms with van der Waals surface area (Å²) >= 11 is 0. The lowest BCUT2D eigenvalue weighted by molar-refractivity contribution is -0.138. The van der Waals surface area contributed by atoms with Gasteiger partial charge in [-0.15, -0.1) is 0 Å². The van der Waals surface area contributed by atoms with E-state index in [9.17, 15) is 18.4 Å². The molecule has 0 bridgehead atoms. The summed E-state index contributed by atoms with van der Waals surface area (Å²) in [5, 5.41) is 10.8. The van der Waals surface area contributed by atoms with Crippen LogP contribution >= 0.6 is 0 Å². The molecule has 1 aromatic rings. The van der Waals surface area contributed by atoms with Crippen molar-refractivity contribution < 1.29 is 28.2 Å². The summed E-state index contributed by atoms with van der Waals surface area (Å²) in [7, 11) is 0. The van der Waals surface area contributed by atoms with Crippen molar-refractivity contribution in [2.75, 3.05) is 6.54 Å². The molecule has 0 aromatic heterocycles. The van der Waals surface area contributed by atoms with Crippen LogP contribution in [0.2, 0.25) is 0 Å². The van der Waals surface area contributed by atoms with Crippen LogP contribution in [0.25, 0.3) is 0 Å². The van der Waals surface area contributed by atoms with Gasteiger partial charge in [0.1, 0.15) is 11.8 Å². The van der Waals surface area contributed by atoms with Crippen LogP contribution in [0.4, 0.5) is 8.78 Å². The van der Waals surface area contributed by atoms with Crippen LogP contribution in [-0.4, -0.2) is 36.2 Å². The molecule has 0 aliphatic rings. The van der Waals surface area contributed by atoms with Crippen molar-refractivity contribution in [3.05, 3.63) is 29.8 Å². The molecule has 0 spiro atoms. The maximum Gasteiger partial charge on any atom is 0.387 e. The fourth-order valence-corrected chi connectivity index (χ4v) is 1.21. The number of amides is 1. The number of carbonyl (C=O) groups is 2. The smallest absolute Gasteiger partial charge is 0.387 e. The number of rotatable bonds is 6. The Labute approximate surface area is 107 Å². The third kappa shape index (κ3) is 4.88. The molecule has 0 unspecified atom stereocenters. The molecule has 0 aliphatic heterocycles. The van der Waals surface area contributed by atoms with Crippen LogP contribution in [0.15, 0.2) is 24.3 Å². The molecule has 0 saturated carbocycles. The molecule has 8 heteroatoms. The summed E-state index contributed by atoms with van der Waals surface area (Å²) in [5.41, 5.74) is 5.27. The highest BCUT2D eigenvalue weighted by Crippen LogP contribution is 2.15. The van der Waals surface area contributed by atoms with E-state index < -0.39 is 24.5 Å². The minimum Gasteiger partial charge on any atom is -0.480 e. The van der Waals surface area contributed by atoms with Crippen molar-refractivity contribution in [3.8, 4) is 5.75 Å². The average molecular weight is 274 g/mol. The van der Waals surface area contributed by atoms with Crippen LogP contribution in [0, 0.1) is 0 Å². The van der Waals surface area contributed by atoms with Crippen molar-refractivity contribution in [1.29, 1.82) is 0 Å². The number of alkyl halides is 2. The third-order valence-electron chi connectivity index (χ3n) is 2.12. The highest BCUT2D eigenvalue weighted by molar-refractivity contribution is 5.94. The number of halogens is 2. The normalized spacial score (nSPS) is 12.0. The van der Waals surface area contributed by atoms with Gasteiger partial charge in [0.05, 0.1) is 0 Å². The standard InChI is InChI=1S/C11H12F2N2O4/c12-11(13)19-7-3-1-2-6(4-7)9(16)15-5-8(14)10(17)18/h1-4,8,11H,5,14H2,(H,15,16)(H,17,18)/t8-/m0/s1. The van der Waals surface area contributed by atoms with Gasteiger partial charge >= 0.3 is 12.6 Å². The summed E-state index contributed by atoms with van der Waals surface area (Å²) in [6.07, 6.45) is 0. The molecule has 104 valence electrons. The monoisotopic (exact) mass is 274 g/mol. The molecule has 1 atom stereocenters. The molecule has 6 nitrogen and oxygen atoms in total. The first kappa shape index (κ1) is 14.8. The summed E-state index contributed by atoms with van der Waals surface area (Å²) in [6, 6.07) is 3.90. The zero-order chi connectivity index (χ0) is 14.4. The van der Waals surface area contributed by atoms with Crippen LogP contribution in [0.5, 0.6) is 5.75 Å². The number of carboxylic acids is 1. The topological polar surface area (TPSA) is 102 Å². The molecule has 0 fully saturated rings. The van der Waals surface area contributed by atoms with Crippen LogP contribution in [-0.2, 0) is 4.79 Å². The van der Waals surface area contributed by atoms with Crippen LogP contribution < -0.4 is 15.8 Å². The largest absolute Gasteiger partial charge is 0.480 e. The minimum absolute atomic E-state index is 0.0655. The van der Waals surface area contributed by atoms with Gasteiger partial charge < -0.3 is 20.9 Å². The van der Waals surface area contributed by atoms with Crippen molar-refractivity contribution in [2.24, 2.45) is 5.73 Å². The summed E-state index contributed by atoms with van der Waals surface area (Å²) in [6.45, 7) is -3.26. The van der Waals surface area contributed by atoms with E-state index in [2.05, 4.69) is 10.1 Å². The van der Waals surface area contributed by atoms with Gasteiger partial charge in [0.15, 0.2) is 0 Å². The van der Waals surface area contributed by atoms with E-state index >= 15 is 0 Å². The van der Waals surface area contributed by atoms with Gasteiger partial charge in [-0.05, 0) is 18.2 Å². The predicted molar refractivity (Wildman–Crippen MR) is 61.0 cm³/mol. The number of carbonyl (C=O) groups excluding carboxylic acids is 1. The Bertz CT molecular complexity index is 468. The number of nitrogens with two attached hydrogens (primary N) is 1. The van der Waals surface area contributed by atoms with Gasteiger partial charge in [-0.1, -0.05) is 6.07 Å². The number of nitrogens with one attached hydrogen (secondary N) is 1. The van der Waals surface area contributed by atoms with Crippen molar-refractivity contribution in [3.63, 3.8) is 0 Å². The fourth-order valence-electron chi connectivity index (χ4n) is 1.21. The Hall–Kier alpha value is -2.22. The molecule has 1 rings (SSSR count). The molecule has 19 heavy (non-hydrogen) atoms. The molecule has 0 radical (unpaired) electrons. The zero-order valence-electron chi connectivity index (χ0n) is 9.68. The Morgan fingerprint density at radius 3 is 2.68 bits per heavy atom. The zero-order valence-corrected chi connectivity index (χ0v) is 9.68. The lowest BCUT2D eigenvalue weighted by Crippen LogP contribution is -2.42. The quantitative estimate of drug-likeness (QED) is 0.698. The molecule has 4 N–H and O–H groups in total. The average Bonchev–Trinajstić information content (AvgIpc) is 2.34. The van der Waals surface area contributed by atoms with E-state index in [0.29, 0.717) is 0 Å². The Kier molecular flexibility index (Phi) is 5.19. The molecule has 0 heterocycles. The van der Waals surface area contributed by atoms with E-state index in [4.69, 9.17) is 10.8 Å². The predicted octanol–water partition coefficient (Wildman–Crippen LogP) is 0.430. The number of hydrogen-bond acceptors (Lipinski definition) is 4. The van der Waals surface area contributed by atoms with E-state index in [0.717, 1.165) is 6.07 Å². The second-order valence-corrected chi connectivity index (χ2v) is 3.56.